The van der Waals surface area contributed by atoms with Crippen molar-refractivity contribution in [3.05, 3.63) is 77.6 Å². The SMILES string of the molecule is Cc1ccc(C(C)(C)C(=O)NCc2cn(-c3ccccc3)nn2)cc1. The minimum absolute atomic E-state index is 0.0365. The molecule has 0 aliphatic heterocycles. The fourth-order valence-corrected chi connectivity index (χ4v) is 2.58. The van der Waals surface area contributed by atoms with E-state index in [2.05, 4.69) is 15.6 Å². The molecule has 1 aromatic heterocycles. The molecule has 5 nitrogen and oxygen atoms in total. The third-order valence-corrected chi connectivity index (χ3v) is 4.33. The lowest BCUT2D eigenvalue weighted by Crippen LogP contribution is -2.39. The molecule has 0 saturated carbocycles. The maximum Gasteiger partial charge on any atom is 0.230 e. The summed E-state index contributed by atoms with van der Waals surface area (Å²) in [5.74, 6) is -0.0365. The molecule has 1 heterocycles. The van der Waals surface area contributed by atoms with Crippen molar-refractivity contribution in [3.8, 4) is 5.69 Å². The highest BCUT2D eigenvalue weighted by molar-refractivity contribution is 5.87. The van der Waals surface area contributed by atoms with Gasteiger partial charge in [0, 0.05) is 0 Å². The molecule has 2 aromatic carbocycles. The van der Waals surface area contributed by atoms with E-state index in [-0.39, 0.29) is 5.91 Å². The number of hydrogen-bond acceptors (Lipinski definition) is 3. The molecule has 0 unspecified atom stereocenters. The molecular weight excluding hydrogens is 312 g/mol. The van der Waals surface area contributed by atoms with Gasteiger partial charge in [-0.15, -0.1) is 5.10 Å². The van der Waals surface area contributed by atoms with Crippen LogP contribution in [0.1, 0.15) is 30.7 Å². The van der Waals surface area contributed by atoms with Crippen LogP contribution in [0.25, 0.3) is 5.69 Å². The summed E-state index contributed by atoms with van der Waals surface area (Å²) in [6.07, 6.45) is 1.83. The third kappa shape index (κ3) is 3.76. The van der Waals surface area contributed by atoms with Gasteiger partial charge >= 0.3 is 0 Å². The number of aromatic nitrogens is 3. The van der Waals surface area contributed by atoms with Gasteiger partial charge in [0.25, 0.3) is 0 Å². The standard InChI is InChI=1S/C20H22N4O/c1-15-9-11-16(12-10-15)20(2,3)19(25)21-13-17-14-24(23-22-17)18-7-5-4-6-8-18/h4-12,14H,13H2,1-3H3,(H,21,25). The molecule has 128 valence electrons. The Labute approximate surface area is 147 Å². The second-order valence-electron chi connectivity index (χ2n) is 6.66. The van der Waals surface area contributed by atoms with Crippen molar-refractivity contribution in [1.82, 2.24) is 20.3 Å². The predicted molar refractivity (Wildman–Crippen MR) is 97.4 cm³/mol. The van der Waals surface area contributed by atoms with Crippen molar-refractivity contribution in [2.24, 2.45) is 0 Å². The number of carbonyl (C=O) groups excluding carboxylic acids is 1. The summed E-state index contributed by atoms with van der Waals surface area (Å²) in [5.41, 5.74) is 3.22. The normalized spacial score (nSPS) is 11.3. The van der Waals surface area contributed by atoms with E-state index in [1.54, 1.807) is 4.68 Å². The third-order valence-electron chi connectivity index (χ3n) is 4.33. The Morgan fingerprint density at radius 1 is 1.08 bits per heavy atom. The van der Waals surface area contributed by atoms with Crippen molar-refractivity contribution in [2.45, 2.75) is 32.7 Å². The Morgan fingerprint density at radius 2 is 1.76 bits per heavy atom. The minimum atomic E-state index is -0.608. The van der Waals surface area contributed by atoms with Crippen LogP contribution >= 0.6 is 0 Å². The number of rotatable bonds is 5. The molecule has 0 saturated heterocycles. The summed E-state index contributed by atoms with van der Waals surface area (Å²) in [5, 5.41) is 11.2. The summed E-state index contributed by atoms with van der Waals surface area (Å²) in [7, 11) is 0. The number of para-hydroxylation sites is 1. The lowest BCUT2D eigenvalue weighted by Gasteiger charge is -2.24. The first-order valence-corrected chi connectivity index (χ1v) is 8.29. The predicted octanol–water partition coefficient (Wildman–Crippen LogP) is 3.17. The van der Waals surface area contributed by atoms with Crippen LogP contribution in [-0.4, -0.2) is 20.9 Å². The average Bonchev–Trinajstić information content (AvgIpc) is 3.10. The zero-order valence-electron chi connectivity index (χ0n) is 14.7. The van der Waals surface area contributed by atoms with E-state index in [1.165, 1.54) is 5.56 Å². The van der Waals surface area contributed by atoms with Crippen LogP contribution in [0.5, 0.6) is 0 Å². The lowest BCUT2D eigenvalue weighted by atomic mass is 9.83. The molecule has 0 aliphatic rings. The zero-order valence-corrected chi connectivity index (χ0v) is 14.7. The molecule has 0 radical (unpaired) electrons. The van der Waals surface area contributed by atoms with E-state index >= 15 is 0 Å². The Bertz CT molecular complexity index is 851. The van der Waals surface area contributed by atoms with Gasteiger partial charge in [-0.05, 0) is 38.5 Å². The first kappa shape index (κ1) is 16.9. The Morgan fingerprint density at radius 3 is 2.44 bits per heavy atom. The molecule has 25 heavy (non-hydrogen) atoms. The second-order valence-corrected chi connectivity index (χ2v) is 6.66. The van der Waals surface area contributed by atoms with Gasteiger partial charge in [-0.2, -0.15) is 0 Å². The van der Waals surface area contributed by atoms with Crippen LogP contribution in [0.4, 0.5) is 0 Å². The highest BCUT2D eigenvalue weighted by Gasteiger charge is 2.29. The molecule has 0 aliphatic carbocycles. The van der Waals surface area contributed by atoms with Gasteiger partial charge in [0.1, 0.15) is 5.69 Å². The van der Waals surface area contributed by atoms with Crippen molar-refractivity contribution in [1.29, 1.82) is 0 Å². The molecular formula is C20H22N4O. The largest absolute Gasteiger partial charge is 0.350 e. The van der Waals surface area contributed by atoms with Crippen LogP contribution in [0.2, 0.25) is 0 Å². The highest BCUT2D eigenvalue weighted by Crippen LogP contribution is 2.23. The van der Waals surface area contributed by atoms with E-state index in [0.29, 0.717) is 6.54 Å². The second kappa shape index (κ2) is 6.89. The number of aryl methyl sites for hydroxylation is 1. The van der Waals surface area contributed by atoms with E-state index in [4.69, 9.17) is 0 Å². The topological polar surface area (TPSA) is 59.8 Å². The maximum absolute atomic E-state index is 12.6. The number of hydrogen-bond donors (Lipinski definition) is 1. The van der Waals surface area contributed by atoms with Crippen LogP contribution in [-0.2, 0) is 16.8 Å². The monoisotopic (exact) mass is 334 g/mol. The smallest absolute Gasteiger partial charge is 0.230 e. The lowest BCUT2D eigenvalue weighted by molar-refractivity contribution is -0.125. The Hall–Kier alpha value is -2.95. The van der Waals surface area contributed by atoms with Gasteiger partial charge in [0.2, 0.25) is 5.91 Å². The fourth-order valence-electron chi connectivity index (χ4n) is 2.58. The summed E-state index contributed by atoms with van der Waals surface area (Å²) in [4.78, 5) is 12.6. The first-order chi connectivity index (χ1) is 12.0. The van der Waals surface area contributed by atoms with Gasteiger partial charge in [0.15, 0.2) is 0 Å². The van der Waals surface area contributed by atoms with E-state index in [1.807, 2.05) is 81.6 Å². The number of nitrogens with zero attached hydrogens (tertiary/aromatic N) is 3. The van der Waals surface area contributed by atoms with Crippen LogP contribution in [0, 0.1) is 6.92 Å². The quantitative estimate of drug-likeness (QED) is 0.779. The van der Waals surface area contributed by atoms with Crippen molar-refractivity contribution >= 4 is 5.91 Å². The molecule has 3 rings (SSSR count). The van der Waals surface area contributed by atoms with Crippen LogP contribution in [0.15, 0.2) is 60.8 Å². The fraction of sp³-hybridized carbons (Fsp3) is 0.250. The number of nitrogens with one attached hydrogen (secondary N) is 1. The van der Waals surface area contributed by atoms with Crippen LogP contribution in [0.3, 0.4) is 0 Å². The average molecular weight is 334 g/mol. The van der Waals surface area contributed by atoms with Gasteiger partial charge in [-0.3, -0.25) is 4.79 Å². The van der Waals surface area contributed by atoms with E-state index in [0.717, 1.165) is 16.9 Å². The molecule has 0 fully saturated rings. The molecule has 0 bridgehead atoms. The number of amides is 1. The first-order valence-electron chi connectivity index (χ1n) is 8.29. The molecule has 1 N–H and O–H groups in total. The minimum Gasteiger partial charge on any atom is -0.350 e. The van der Waals surface area contributed by atoms with Crippen molar-refractivity contribution in [2.75, 3.05) is 0 Å². The molecule has 1 amide bonds. The molecule has 0 atom stereocenters. The summed E-state index contributed by atoms with van der Waals surface area (Å²) >= 11 is 0. The van der Waals surface area contributed by atoms with Gasteiger partial charge < -0.3 is 5.32 Å². The Balaban J connectivity index is 1.66. The molecule has 5 heteroatoms. The zero-order chi connectivity index (χ0) is 17.9. The van der Waals surface area contributed by atoms with Crippen LogP contribution < -0.4 is 5.32 Å². The van der Waals surface area contributed by atoms with E-state index < -0.39 is 5.41 Å². The molecule has 3 aromatic rings. The molecule has 0 spiro atoms. The summed E-state index contributed by atoms with van der Waals surface area (Å²) < 4.78 is 1.70. The summed E-state index contributed by atoms with van der Waals surface area (Å²) in [6.45, 7) is 6.23. The van der Waals surface area contributed by atoms with E-state index in [9.17, 15) is 4.79 Å². The number of carbonyl (C=O) groups is 1. The number of benzene rings is 2. The Kier molecular flexibility index (Phi) is 4.65. The van der Waals surface area contributed by atoms with Crippen molar-refractivity contribution in [3.63, 3.8) is 0 Å². The van der Waals surface area contributed by atoms with Crippen molar-refractivity contribution < 1.29 is 4.79 Å². The summed E-state index contributed by atoms with van der Waals surface area (Å²) in [6, 6.07) is 17.8. The highest BCUT2D eigenvalue weighted by atomic mass is 16.2. The van der Waals surface area contributed by atoms with Gasteiger partial charge in [-0.1, -0.05) is 53.2 Å². The van der Waals surface area contributed by atoms with Gasteiger partial charge in [-0.25, -0.2) is 4.68 Å². The van der Waals surface area contributed by atoms with Gasteiger partial charge in [0.05, 0.1) is 23.8 Å². The maximum atomic E-state index is 12.6.